The molecule has 0 aromatic heterocycles. The van der Waals surface area contributed by atoms with Gasteiger partial charge in [0.05, 0.1) is 18.1 Å². The van der Waals surface area contributed by atoms with E-state index in [9.17, 15) is 0 Å². The summed E-state index contributed by atoms with van der Waals surface area (Å²) in [5, 5.41) is 8.94. The Hall–Kier alpha value is -1.53. The van der Waals surface area contributed by atoms with E-state index in [1.165, 1.54) is 5.56 Å². The summed E-state index contributed by atoms with van der Waals surface area (Å²) < 4.78 is 5.78. The lowest BCUT2D eigenvalue weighted by Crippen LogP contribution is -2.14. The molecule has 0 aliphatic heterocycles. The van der Waals surface area contributed by atoms with Crippen LogP contribution in [0.15, 0.2) is 18.2 Å². The maximum absolute atomic E-state index is 8.94. The Balaban J connectivity index is 2.65. The van der Waals surface area contributed by atoms with Gasteiger partial charge in [-0.05, 0) is 51.8 Å². The summed E-state index contributed by atoms with van der Waals surface area (Å²) >= 11 is 0. The highest BCUT2D eigenvalue weighted by Crippen LogP contribution is 2.23. The van der Waals surface area contributed by atoms with Gasteiger partial charge in [-0.15, -0.1) is 0 Å². The number of hydrogen-bond donors (Lipinski definition) is 1. The van der Waals surface area contributed by atoms with E-state index in [4.69, 9.17) is 15.7 Å². The van der Waals surface area contributed by atoms with Crippen LogP contribution in [-0.2, 0) is 6.42 Å². The molecule has 3 nitrogen and oxygen atoms in total. The van der Waals surface area contributed by atoms with Crippen LogP contribution in [-0.4, -0.2) is 13.2 Å². The van der Waals surface area contributed by atoms with Crippen LogP contribution in [0, 0.1) is 23.7 Å². The highest BCUT2D eigenvalue weighted by Gasteiger charge is 2.16. The van der Waals surface area contributed by atoms with Crippen LogP contribution in [0.25, 0.3) is 0 Å². The van der Waals surface area contributed by atoms with Crippen molar-refractivity contribution in [2.45, 2.75) is 33.6 Å². The molecule has 0 radical (unpaired) electrons. The van der Waals surface area contributed by atoms with Crippen molar-refractivity contribution in [3.05, 3.63) is 29.3 Å². The first-order valence-electron chi connectivity index (χ1n) is 6.32. The zero-order valence-electron chi connectivity index (χ0n) is 11.5. The zero-order chi connectivity index (χ0) is 13.6. The molecular formula is C15H22N2O. The van der Waals surface area contributed by atoms with Gasteiger partial charge in [0.2, 0.25) is 0 Å². The van der Waals surface area contributed by atoms with Crippen molar-refractivity contribution < 1.29 is 4.74 Å². The molecule has 0 saturated heterocycles. The standard InChI is InChI=1S/C15H22N2O/c1-12-4-5-14(13(10-12)6-8-16)18-9-7-15(2,3)11-17/h4-5,10H,6-9,16H2,1-3H3. The van der Waals surface area contributed by atoms with Crippen LogP contribution in [0.3, 0.4) is 0 Å². The van der Waals surface area contributed by atoms with Crippen molar-refractivity contribution in [2.24, 2.45) is 11.1 Å². The summed E-state index contributed by atoms with van der Waals surface area (Å²) in [4.78, 5) is 0. The maximum Gasteiger partial charge on any atom is 0.122 e. The molecule has 98 valence electrons. The summed E-state index contributed by atoms with van der Waals surface area (Å²) in [5.41, 5.74) is 7.62. The third-order valence-electron chi connectivity index (χ3n) is 2.92. The summed E-state index contributed by atoms with van der Waals surface area (Å²) in [6.07, 6.45) is 1.54. The minimum absolute atomic E-state index is 0.335. The fourth-order valence-electron chi connectivity index (χ4n) is 1.67. The Morgan fingerprint density at radius 2 is 2.11 bits per heavy atom. The monoisotopic (exact) mass is 246 g/mol. The second-order valence-corrected chi connectivity index (χ2v) is 5.24. The molecule has 2 N–H and O–H groups in total. The second-order valence-electron chi connectivity index (χ2n) is 5.24. The van der Waals surface area contributed by atoms with Gasteiger partial charge >= 0.3 is 0 Å². The van der Waals surface area contributed by atoms with Crippen molar-refractivity contribution in [1.29, 1.82) is 5.26 Å². The first-order chi connectivity index (χ1) is 8.48. The van der Waals surface area contributed by atoms with E-state index < -0.39 is 0 Å². The molecule has 0 amide bonds. The van der Waals surface area contributed by atoms with Gasteiger partial charge in [0.25, 0.3) is 0 Å². The minimum Gasteiger partial charge on any atom is -0.493 e. The number of aryl methyl sites for hydroxylation is 1. The summed E-state index contributed by atoms with van der Waals surface area (Å²) in [5.74, 6) is 0.889. The molecular weight excluding hydrogens is 224 g/mol. The van der Waals surface area contributed by atoms with Crippen molar-refractivity contribution in [2.75, 3.05) is 13.2 Å². The van der Waals surface area contributed by atoms with E-state index in [1.54, 1.807) is 0 Å². The van der Waals surface area contributed by atoms with Crippen LogP contribution in [0.2, 0.25) is 0 Å². The molecule has 0 heterocycles. The molecule has 0 fully saturated rings. The number of benzene rings is 1. The Kier molecular flexibility index (Phi) is 5.18. The lowest BCUT2D eigenvalue weighted by molar-refractivity contribution is 0.262. The van der Waals surface area contributed by atoms with E-state index in [-0.39, 0.29) is 5.41 Å². The largest absolute Gasteiger partial charge is 0.493 e. The summed E-state index contributed by atoms with van der Waals surface area (Å²) in [6.45, 7) is 7.08. The van der Waals surface area contributed by atoms with E-state index in [0.29, 0.717) is 13.2 Å². The highest BCUT2D eigenvalue weighted by molar-refractivity contribution is 5.37. The van der Waals surface area contributed by atoms with Gasteiger partial charge < -0.3 is 10.5 Å². The number of nitrogens with two attached hydrogens (primary N) is 1. The molecule has 18 heavy (non-hydrogen) atoms. The first kappa shape index (κ1) is 14.5. The SMILES string of the molecule is Cc1ccc(OCCC(C)(C)C#N)c(CCN)c1. The average Bonchev–Trinajstić information content (AvgIpc) is 2.32. The molecule has 0 spiro atoms. The molecule has 1 aromatic rings. The number of rotatable bonds is 6. The quantitative estimate of drug-likeness (QED) is 0.839. The van der Waals surface area contributed by atoms with Crippen molar-refractivity contribution in [3.63, 3.8) is 0 Å². The lowest BCUT2D eigenvalue weighted by Gasteiger charge is -2.17. The fourth-order valence-corrected chi connectivity index (χ4v) is 1.67. The zero-order valence-corrected chi connectivity index (χ0v) is 11.5. The van der Waals surface area contributed by atoms with E-state index in [0.717, 1.165) is 24.2 Å². The molecule has 0 unspecified atom stereocenters. The Labute approximate surface area is 110 Å². The predicted octanol–water partition coefficient (Wildman–Crippen LogP) is 2.81. The Morgan fingerprint density at radius 1 is 1.39 bits per heavy atom. The first-order valence-corrected chi connectivity index (χ1v) is 6.32. The number of ether oxygens (including phenoxy) is 1. The van der Waals surface area contributed by atoms with Gasteiger partial charge in [0.15, 0.2) is 0 Å². The van der Waals surface area contributed by atoms with Crippen LogP contribution in [0.5, 0.6) is 5.75 Å². The van der Waals surface area contributed by atoms with Gasteiger partial charge in [0.1, 0.15) is 5.75 Å². The van der Waals surface area contributed by atoms with Crippen molar-refractivity contribution in [1.82, 2.24) is 0 Å². The van der Waals surface area contributed by atoms with Crippen LogP contribution < -0.4 is 10.5 Å². The molecule has 0 aliphatic carbocycles. The molecule has 1 rings (SSSR count). The van der Waals surface area contributed by atoms with E-state index in [2.05, 4.69) is 19.1 Å². The molecule has 0 bridgehead atoms. The van der Waals surface area contributed by atoms with Crippen LogP contribution >= 0.6 is 0 Å². The van der Waals surface area contributed by atoms with Crippen molar-refractivity contribution >= 4 is 0 Å². The molecule has 3 heteroatoms. The van der Waals surface area contributed by atoms with Gasteiger partial charge in [0, 0.05) is 0 Å². The molecule has 0 saturated carbocycles. The van der Waals surface area contributed by atoms with Crippen LogP contribution in [0.1, 0.15) is 31.4 Å². The third-order valence-corrected chi connectivity index (χ3v) is 2.92. The number of nitrogens with zero attached hydrogens (tertiary/aromatic N) is 1. The normalized spacial score (nSPS) is 11.1. The number of nitriles is 1. The molecule has 0 aliphatic rings. The highest BCUT2D eigenvalue weighted by atomic mass is 16.5. The van der Waals surface area contributed by atoms with Crippen LogP contribution in [0.4, 0.5) is 0 Å². The molecule has 1 aromatic carbocycles. The Morgan fingerprint density at radius 3 is 2.72 bits per heavy atom. The Bertz CT molecular complexity index is 433. The predicted molar refractivity (Wildman–Crippen MR) is 73.4 cm³/mol. The average molecular weight is 246 g/mol. The summed E-state index contributed by atoms with van der Waals surface area (Å²) in [6, 6.07) is 8.40. The topological polar surface area (TPSA) is 59.0 Å². The minimum atomic E-state index is -0.335. The number of hydrogen-bond acceptors (Lipinski definition) is 3. The molecule has 0 atom stereocenters. The fraction of sp³-hybridized carbons (Fsp3) is 0.533. The summed E-state index contributed by atoms with van der Waals surface area (Å²) in [7, 11) is 0. The van der Waals surface area contributed by atoms with Gasteiger partial charge in [-0.3, -0.25) is 0 Å². The van der Waals surface area contributed by atoms with Gasteiger partial charge in [-0.1, -0.05) is 17.7 Å². The van der Waals surface area contributed by atoms with Gasteiger partial charge in [-0.25, -0.2) is 0 Å². The lowest BCUT2D eigenvalue weighted by atomic mass is 9.92. The second kappa shape index (κ2) is 6.42. The van der Waals surface area contributed by atoms with Gasteiger partial charge in [-0.2, -0.15) is 5.26 Å². The van der Waals surface area contributed by atoms with E-state index in [1.807, 2.05) is 26.0 Å². The maximum atomic E-state index is 8.94. The smallest absolute Gasteiger partial charge is 0.122 e. The van der Waals surface area contributed by atoms with Crippen molar-refractivity contribution in [3.8, 4) is 11.8 Å². The third kappa shape index (κ3) is 4.38. The van der Waals surface area contributed by atoms with E-state index >= 15 is 0 Å².